The SMILES string of the molecule is CCc1ccc(CC)c(CNC(=O)c2ccc(CSc3ccccc3)cc2)c1. The van der Waals surface area contributed by atoms with Crippen molar-refractivity contribution in [2.45, 2.75) is 43.9 Å². The van der Waals surface area contributed by atoms with E-state index in [9.17, 15) is 4.79 Å². The number of rotatable bonds is 8. The molecule has 1 N–H and O–H groups in total. The van der Waals surface area contributed by atoms with Crippen molar-refractivity contribution in [1.82, 2.24) is 5.32 Å². The summed E-state index contributed by atoms with van der Waals surface area (Å²) >= 11 is 1.80. The van der Waals surface area contributed by atoms with Crippen LogP contribution < -0.4 is 5.32 Å². The van der Waals surface area contributed by atoms with Gasteiger partial charge in [0.25, 0.3) is 5.91 Å². The maximum absolute atomic E-state index is 12.5. The van der Waals surface area contributed by atoms with Gasteiger partial charge in [-0.15, -0.1) is 11.8 Å². The first kappa shape index (κ1) is 20.2. The molecule has 0 saturated carbocycles. The molecule has 0 atom stereocenters. The summed E-state index contributed by atoms with van der Waals surface area (Å²) in [6.07, 6.45) is 1.98. The Labute approximate surface area is 172 Å². The minimum Gasteiger partial charge on any atom is -0.348 e. The molecule has 28 heavy (non-hydrogen) atoms. The van der Waals surface area contributed by atoms with Crippen LogP contribution in [-0.2, 0) is 25.1 Å². The molecule has 0 aliphatic heterocycles. The molecule has 0 saturated heterocycles. The molecule has 144 valence electrons. The third kappa shape index (κ3) is 5.49. The Morgan fingerprint density at radius 3 is 2.21 bits per heavy atom. The lowest BCUT2D eigenvalue weighted by Gasteiger charge is -2.12. The molecule has 1 amide bonds. The first-order chi connectivity index (χ1) is 13.7. The van der Waals surface area contributed by atoms with Crippen LogP contribution in [0.15, 0.2) is 77.7 Å². The van der Waals surface area contributed by atoms with Gasteiger partial charge in [-0.3, -0.25) is 4.79 Å². The summed E-state index contributed by atoms with van der Waals surface area (Å²) in [5.74, 6) is 0.876. The van der Waals surface area contributed by atoms with Crippen LogP contribution in [0.1, 0.15) is 46.5 Å². The average molecular weight is 390 g/mol. The predicted molar refractivity (Wildman–Crippen MR) is 119 cm³/mol. The summed E-state index contributed by atoms with van der Waals surface area (Å²) in [5, 5.41) is 3.07. The topological polar surface area (TPSA) is 29.1 Å². The summed E-state index contributed by atoms with van der Waals surface area (Å²) < 4.78 is 0. The van der Waals surface area contributed by atoms with Gasteiger partial charge in [0.1, 0.15) is 0 Å². The molecule has 0 aromatic heterocycles. The van der Waals surface area contributed by atoms with Crippen LogP contribution in [0.25, 0.3) is 0 Å². The molecule has 2 nitrogen and oxygen atoms in total. The van der Waals surface area contributed by atoms with E-state index in [0.717, 1.165) is 18.6 Å². The number of nitrogens with one attached hydrogen (secondary N) is 1. The van der Waals surface area contributed by atoms with Gasteiger partial charge in [-0.2, -0.15) is 0 Å². The van der Waals surface area contributed by atoms with E-state index in [-0.39, 0.29) is 5.91 Å². The Morgan fingerprint density at radius 2 is 1.54 bits per heavy atom. The van der Waals surface area contributed by atoms with Gasteiger partial charge in [-0.05, 0) is 59.4 Å². The van der Waals surface area contributed by atoms with E-state index in [1.54, 1.807) is 11.8 Å². The number of aryl methyl sites for hydroxylation is 2. The van der Waals surface area contributed by atoms with E-state index in [2.05, 4.69) is 61.6 Å². The lowest BCUT2D eigenvalue weighted by molar-refractivity contribution is 0.0951. The first-order valence-corrected chi connectivity index (χ1v) is 10.8. The minimum absolute atomic E-state index is 0.0220. The van der Waals surface area contributed by atoms with Gasteiger partial charge in [0.15, 0.2) is 0 Å². The number of hydrogen-bond donors (Lipinski definition) is 1. The molecule has 0 unspecified atom stereocenters. The number of benzene rings is 3. The number of hydrogen-bond acceptors (Lipinski definition) is 2. The highest BCUT2D eigenvalue weighted by molar-refractivity contribution is 7.98. The summed E-state index contributed by atoms with van der Waals surface area (Å²) in [6.45, 7) is 4.88. The van der Waals surface area contributed by atoms with E-state index in [0.29, 0.717) is 12.1 Å². The second kappa shape index (κ2) is 10.1. The third-order valence-electron chi connectivity index (χ3n) is 4.86. The van der Waals surface area contributed by atoms with Crippen molar-refractivity contribution in [3.63, 3.8) is 0 Å². The number of amides is 1. The van der Waals surface area contributed by atoms with Crippen LogP contribution in [0, 0.1) is 0 Å². The maximum atomic E-state index is 12.5. The monoisotopic (exact) mass is 389 g/mol. The molecular formula is C25H27NOS. The summed E-state index contributed by atoms with van der Waals surface area (Å²) in [4.78, 5) is 13.8. The fourth-order valence-electron chi connectivity index (χ4n) is 3.12. The predicted octanol–water partition coefficient (Wildman–Crippen LogP) is 6.03. The van der Waals surface area contributed by atoms with Gasteiger partial charge in [-0.1, -0.05) is 62.4 Å². The van der Waals surface area contributed by atoms with Gasteiger partial charge < -0.3 is 5.32 Å². The zero-order valence-electron chi connectivity index (χ0n) is 16.6. The molecule has 0 aliphatic rings. The Kier molecular flexibility index (Phi) is 7.32. The Morgan fingerprint density at radius 1 is 0.821 bits per heavy atom. The normalized spacial score (nSPS) is 10.6. The first-order valence-electron chi connectivity index (χ1n) is 9.85. The van der Waals surface area contributed by atoms with Crippen molar-refractivity contribution in [3.05, 3.63) is 101 Å². The number of carbonyl (C=O) groups excluding carboxylic acids is 1. The summed E-state index contributed by atoms with van der Waals surface area (Å²) in [7, 11) is 0. The highest BCUT2D eigenvalue weighted by atomic mass is 32.2. The molecule has 0 aliphatic carbocycles. The van der Waals surface area contributed by atoms with Crippen molar-refractivity contribution < 1.29 is 4.79 Å². The van der Waals surface area contributed by atoms with Crippen molar-refractivity contribution in [2.75, 3.05) is 0 Å². The molecule has 3 aromatic carbocycles. The largest absolute Gasteiger partial charge is 0.348 e. The van der Waals surface area contributed by atoms with Gasteiger partial charge >= 0.3 is 0 Å². The lowest BCUT2D eigenvalue weighted by Crippen LogP contribution is -2.23. The van der Waals surface area contributed by atoms with Gasteiger partial charge in [0, 0.05) is 22.8 Å². The highest BCUT2D eigenvalue weighted by Crippen LogP contribution is 2.22. The van der Waals surface area contributed by atoms with Gasteiger partial charge in [-0.25, -0.2) is 0 Å². The highest BCUT2D eigenvalue weighted by Gasteiger charge is 2.08. The lowest BCUT2D eigenvalue weighted by atomic mass is 10.0. The Hall–Kier alpha value is -2.52. The van der Waals surface area contributed by atoms with E-state index >= 15 is 0 Å². The molecular weight excluding hydrogens is 362 g/mol. The van der Waals surface area contributed by atoms with Crippen LogP contribution in [0.4, 0.5) is 0 Å². The zero-order chi connectivity index (χ0) is 19.8. The average Bonchev–Trinajstić information content (AvgIpc) is 2.76. The van der Waals surface area contributed by atoms with Crippen molar-refractivity contribution in [2.24, 2.45) is 0 Å². The van der Waals surface area contributed by atoms with E-state index < -0.39 is 0 Å². The zero-order valence-corrected chi connectivity index (χ0v) is 17.4. The minimum atomic E-state index is -0.0220. The molecule has 0 radical (unpaired) electrons. The quantitative estimate of drug-likeness (QED) is 0.476. The fourth-order valence-corrected chi connectivity index (χ4v) is 4.00. The fraction of sp³-hybridized carbons (Fsp3) is 0.240. The molecule has 3 aromatic rings. The molecule has 0 fully saturated rings. The Bertz CT molecular complexity index is 904. The third-order valence-corrected chi connectivity index (χ3v) is 5.95. The van der Waals surface area contributed by atoms with E-state index in [1.807, 2.05) is 30.3 Å². The molecule has 3 rings (SSSR count). The second-order valence-electron chi connectivity index (χ2n) is 6.79. The van der Waals surface area contributed by atoms with Crippen molar-refractivity contribution in [1.29, 1.82) is 0 Å². The molecule has 0 spiro atoms. The summed E-state index contributed by atoms with van der Waals surface area (Å²) in [6, 6.07) is 24.8. The number of thioether (sulfide) groups is 1. The van der Waals surface area contributed by atoms with Crippen LogP contribution in [0.5, 0.6) is 0 Å². The van der Waals surface area contributed by atoms with Crippen LogP contribution in [-0.4, -0.2) is 5.91 Å². The number of carbonyl (C=O) groups is 1. The molecule has 0 heterocycles. The van der Waals surface area contributed by atoms with E-state index in [1.165, 1.54) is 27.1 Å². The smallest absolute Gasteiger partial charge is 0.251 e. The van der Waals surface area contributed by atoms with Crippen molar-refractivity contribution in [3.8, 4) is 0 Å². The van der Waals surface area contributed by atoms with Crippen molar-refractivity contribution >= 4 is 17.7 Å². The van der Waals surface area contributed by atoms with Crippen LogP contribution >= 0.6 is 11.8 Å². The van der Waals surface area contributed by atoms with Crippen LogP contribution in [0.3, 0.4) is 0 Å². The van der Waals surface area contributed by atoms with Crippen LogP contribution in [0.2, 0.25) is 0 Å². The molecule has 0 bridgehead atoms. The summed E-state index contributed by atoms with van der Waals surface area (Å²) in [5.41, 5.74) is 5.74. The standard InChI is InChI=1S/C25H27NOS/c1-3-19-10-13-21(4-2)23(16-19)17-26-25(27)22-14-11-20(12-15-22)18-28-24-8-6-5-7-9-24/h5-16H,3-4,17-18H2,1-2H3,(H,26,27). The maximum Gasteiger partial charge on any atom is 0.251 e. The van der Waals surface area contributed by atoms with Gasteiger partial charge in [0.05, 0.1) is 0 Å². The second-order valence-corrected chi connectivity index (χ2v) is 7.84. The van der Waals surface area contributed by atoms with E-state index in [4.69, 9.17) is 0 Å². The Balaban J connectivity index is 1.57. The van der Waals surface area contributed by atoms with Gasteiger partial charge in [0.2, 0.25) is 0 Å². The molecule has 3 heteroatoms.